The number of benzene rings is 1. The van der Waals surface area contributed by atoms with Crippen LogP contribution < -0.4 is 15.0 Å². The Bertz CT molecular complexity index is 939. The van der Waals surface area contributed by atoms with Crippen molar-refractivity contribution >= 4 is 28.2 Å². The number of nitrogens with one attached hydrogen (secondary N) is 1. The summed E-state index contributed by atoms with van der Waals surface area (Å²) in [6.07, 6.45) is 3.33. The molecule has 144 valence electrons. The van der Waals surface area contributed by atoms with E-state index in [-0.39, 0.29) is 6.03 Å². The topological polar surface area (TPSA) is 70.6 Å². The van der Waals surface area contributed by atoms with E-state index in [9.17, 15) is 4.79 Å². The zero-order chi connectivity index (χ0) is 19.3. The molecule has 0 bridgehead atoms. The van der Waals surface area contributed by atoms with Gasteiger partial charge in [0, 0.05) is 43.3 Å². The third kappa shape index (κ3) is 4.07. The first-order valence-electron chi connectivity index (χ1n) is 9.04. The van der Waals surface area contributed by atoms with Crippen molar-refractivity contribution in [3.8, 4) is 17.0 Å². The summed E-state index contributed by atoms with van der Waals surface area (Å²) in [5.74, 6) is 0.820. The van der Waals surface area contributed by atoms with Crippen molar-refractivity contribution in [2.45, 2.75) is 0 Å². The average Bonchev–Trinajstić information content (AvgIpc) is 3.25. The fraction of sp³-hybridized carbons (Fsp3) is 0.250. The second-order valence-electron chi connectivity index (χ2n) is 6.39. The maximum absolute atomic E-state index is 12.4. The van der Waals surface area contributed by atoms with Gasteiger partial charge in [0.2, 0.25) is 0 Å². The highest BCUT2D eigenvalue weighted by atomic mass is 32.1. The monoisotopic (exact) mass is 395 g/mol. The Kier molecular flexibility index (Phi) is 5.38. The maximum Gasteiger partial charge on any atom is 0.322 e. The molecule has 7 nitrogen and oxygen atoms in total. The standard InChI is InChI=1S/C20H21N5O2S/c1-27-17-6-2-4-15(12-17)18-14-28-20(23-18)25-10-8-24(9-11-25)19(26)22-16-5-3-7-21-13-16/h2-7,12-14H,8-11H2,1H3,(H,22,26). The summed E-state index contributed by atoms with van der Waals surface area (Å²) in [7, 11) is 1.66. The van der Waals surface area contributed by atoms with Crippen molar-refractivity contribution in [1.82, 2.24) is 14.9 Å². The summed E-state index contributed by atoms with van der Waals surface area (Å²) >= 11 is 1.62. The van der Waals surface area contributed by atoms with Crippen LogP contribution in [0.25, 0.3) is 11.3 Å². The second-order valence-corrected chi connectivity index (χ2v) is 7.23. The van der Waals surface area contributed by atoms with Gasteiger partial charge in [0.05, 0.1) is 24.7 Å². The number of methoxy groups -OCH3 is 1. The molecule has 1 fully saturated rings. The lowest BCUT2D eigenvalue weighted by Gasteiger charge is -2.34. The van der Waals surface area contributed by atoms with E-state index in [0.29, 0.717) is 18.8 Å². The zero-order valence-corrected chi connectivity index (χ0v) is 16.4. The number of thiazole rings is 1. The zero-order valence-electron chi connectivity index (χ0n) is 15.5. The molecule has 4 rings (SSSR count). The third-order valence-corrected chi connectivity index (χ3v) is 5.51. The Balaban J connectivity index is 1.36. The van der Waals surface area contributed by atoms with Gasteiger partial charge in [-0.15, -0.1) is 11.3 Å². The van der Waals surface area contributed by atoms with Crippen molar-refractivity contribution in [3.05, 3.63) is 54.2 Å². The fourth-order valence-electron chi connectivity index (χ4n) is 3.06. The molecule has 0 radical (unpaired) electrons. The van der Waals surface area contributed by atoms with Crippen molar-refractivity contribution in [2.24, 2.45) is 0 Å². The van der Waals surface area contributed by atoms with Crippen LogP contribution in [0.1, 0.15) is 0 Å². The highest BCUT2D eigenvalue weighted by molar-refractivity contribution is 7.14. The third-order valence-electron chi connectivity index (χ3n) is 4.61. The van der Waals surface area contributed by atoms with Gasteiger partial charge in [0.1, 0.15) is 5.75 Å². The Morgan fingerprint density at radius 3 is 2.79 bits per heavy atom. The first-order valence-corrected chi connectivity index (χ1v) is 9.92. The Morgan fingerprint density at radius 2 is 2.04 bits per heavy atom. The SMILES string of the molecule is COc1cccc(-c2csc(N3CCN(C(=O)Nc4cccnc4)CC3)n2)c1. The van der Waals surface area contributed by atoms with Crippen LogP contribution in [0.5, 0.6) is 5.75 Å². The number of nitrogens with zero attached hydrogens (tertiary/aromatic N) is 4. The van der Waals surface area contributed by atoms with Crippen LogP contribution >= 0.6 is 11.3 Å². The van der Waals surface area contributed by atoms with Crippen molar-refractivity contribution in [1.29, 1.82) is 0 Å². The number of piperazine rings is 1. The highest BCUT2D eigenvalue weighted by Gasteiger charge is 2.23. The van der Waals surface area contributed by atoms with E-state index in [1.54, 1.807) is 36.9 Å². The van der Waals surface area contributed by atoms with E-state index < -0.39 is 0 Å². The molecule has 0 aliphatic carbocycles. The van der Waals surface area contributed by atoms with Crippen LogP contribution in [0.3, 0.4) is 0 Å². The largest absolute Gasteiger partial charge is 0.497 e. The Hall–Kier alpha value is -3.13. The average molecular weight is 395 g/mol. The highest BCUT2D eigenvalue weighted by Crippen LogP contribution is 2.29. The quantitative estimate of drug-likeness (QED) is 0.731. The van der Waals surface area contributed by atoms with E-state index in [0.717, 1.165) is 35.2 Å². The molecule has 0 saturated carbocycles. The molecule has 2 amide bonds. The molecule has 1 aliphatic rings. The Labute approximate surface area is 167 Å². The summed E-state index contributed by atoms with van der Waals surface area (Å²) in [5, 5.41) is 5.92. The summed E-state index contributed by atoms with van der Waals surface area (Å²) in [4.78, 5) is 25.2. The van der Waals surface area contributed by atoms with Crippen molar-refractivity contribution in [2.75, 3.05) is 43.5 Å². The van der Waals surface area contributed by atoms with Gasteiger partial charge in [-0.05, 0) is 24.3 Å². The number of rotatable bonds is 4. The predicted molar refractivity (Wildman–Crippen MR) is 111 cm³/mol. The lowest BCUT2D eigenvalue weighted by molar-refractivity contribution is 0.208. The van der Waals surface area contributed by atoms with Crippen molar-refractivity contribution in [3.63, 3.8) is 0 Å². The van der Waals surface area contributed by atoms with Crippen LogP contribution in [-0.2, 0) is 0 Å². The number of anilines is 2. The van der Waals surface area contributed by atoms with Crippen LogP contribution in [0.15, 0.2) is 54.2 Å². The smallest absolute Gasteiger partial charge is 0.322 e. The van der Waals surface area contributed by atoms with Crippen LogP contribution in [0.4, 0.5) is 15.6 Å². The second kappa shape index (κ2) is 8.26. The number of urea groups is 1. The van der Waals surface area contributed by atoms with E-state index in [1.165, 1.54) is 0 Å². The first-order chi connectivity index (χ1) is 13.7. The molecule has 0 atom stereocenters. The minimum absolute atomic E-state index is 0.0936. The first kappa shape index (κ1) is 18.2. The molecule has 28 heavy (non-hydrogen) atoms. The number of carbonyl (C=O) groups is 1. The number of ether oxygens (including phenoxy) is 1. The van der Waals surface area contributed by atoms with Crippen LogP contribution in [0, 0.1) is 0 Å². The molecule has 3 aromatic rings. The minimum Gasteiger partial charge on any atom is -0.497 e. The summed E-state index contributed by atoms with van der Waals surface area (Å²) in [6, 6.07) is 11.4. The molecule has 3 heterocycles. The number of hydrogen-bond acceptors (Lipinski definition) is 6. The van der Waals surface area contributed by atoms with E-state index in [2.05, 4.69) is 20.6 Å². The van der Waals surface area contributed by atoms with Gasteiger partial charge in [-0.3, -0.25) is 4.98 Å². The molecule has 1 aromatic carbocycles. The Morgan fingerprint density at radius 1 is 1.18 bits per heavy atom. The number of carbonyl (C=O) groups excluding carboxylic acids is 1. The van der Waals surface area contributed by atoms with Gasteiger partial charge in [0.25, 0.3) is 0 Å². The molecule has 2 aromatic heterocycles. The van der Waals surface area contributed by atoms with Crippen LogP contribution in [-0.4, -0.2) is 54.2 Å². The summed E-state index contributed by atoms with van der Waals surface area (Å²) in [5.41, 5.74) is 2.68. The van der Waals surface area contributed by atoms with Crippen molar-refractivity contribution < 1.29 is 9.53 Å². The number of amides is 2. The van der Waals surface area contributed by atoms with Gasteiger partial charge < -0.3 is 19.9 Å². The van der Waals surface area contributed by atoms with Gasteiger partial charge in [0.15, 0.2) is 5.13 Å². The lowest BCUT2D eigenvalue weighted by atomic mass is 10.2. The van der Waals surface area contributed by atoms with Gasteiger partial charge in [-0.25, -0.2) is 9.78 Å². The maximum atomic E-state index is 12.4. The molecule has 1 aliphatic heterocycles. The summed E-state index contributed by atoms with van der Waals surface area (Å²) in [6.45, 7) is 2.82. The summed E-state index contributed by atoms with van der Waals surface area (Å²) < 4.78 is 5.29. The van der Waals surface area contributed by atoms with E-state index in [4.69, 9.17) is 9.72 Å². The molecule has 8 heteroatoms. The normalized spacial score (nSPS) is 14.0. The molecule has 0 unspecified atom stereocenters. The van der Waals surface area contributed by atoms with E-state index in [1.807, 2.05) is 35.2 Å². The van der Waals surface area contributed by atoms with Crippen LogP contribution in [0.2, 0.25) is 0 Å². The number of aromatic nitrogens is 2. The molecular formula is C20H21N5O2S. The molecular weight excluding hydrogens is 374 g/mol. The molecule has 1 N–H and O–H groups in total. The van der Waals surface area contributed by atoms with E-state index >= 15 is 0 Å². The minimum atomic E-state index is -0.0936. The molecule has 1 saturated heterocycles. The predicted octanol–water partition coefficient (Wildman–Crippen LogP) is 3.57. The number of pyridine rings is 1. The van der Waals surface area contributed by atoms with Gasteiger partial charge >= 0.3 is 6.03 Å². The lowest BCUT2D eigenvalue weighted by Crippen LogP contribution is -2.50. The van der Waals surface area contributed by atoms with Gasteiger partial charge in [-0.2, -0.15) is 0 Å². The van der Waals surface area contributed by atoms with Gasteiger partial charge in [-0.1, -0.05) is 12.1 Å². The number of hydrogen-bond donors (Lipinski definition) is 1. The fourth-order valence-corrected chi connectivity index (χ4v) is 3.95. The molecule has 0 spiro atoms.